The van der Waals surface area contributed by atoms with Gasteiger partial charge in [0.25, 0.3) is 0 Å². The maximum Gasteiger partial charge on any atom is 0.159 e. The highest BCUT2D eigenvalue weighted by atomic mass is 16.5. The van der Waals surface area contributed by atoms with Gasteiger partial charge in [0.05, 0.1) is 11.4 Å². The van der Waals surface area contributed by atoms with E-state index in [1.54, 1.807) is 0 Å². The van der Waals surface area contributed by atoms with Crippen molar-refractivity contribution in [3.05, 3.63) is 199 Å². The van der Waals surface area contributed by atoms with Gasteiger partial charge in [0.15, 0.2) is 5.75 Å². The second-order valence-corrected chi connectivity index (χ2v) is 15.3. The third-order valence-corrected chi connectivity index (χ3v) is 11.9. The number of fused-ring (bicyclic) bond motifs is 11. The molecule has 260 valence electrons. The van der Waals surface area contributed by atoms with Crippen LogP contribution < -0.4 is 9.64 Å². The topological polar surface area (TPSA) is 12.5 Å². The highest BCUT2D eigenvalue weighted by Gasteiger charge is 2.36. The van der Waals surface area contributed by atoms with Crippen LogP contribution in [-0.4, -0.2) is 0 Å². The maximum atomic E-state index is 7.34. The molecule has 2 heteroatoms. The monoisotopic (exact) mass is 703 g/mol. The first-order chi connectivity index (χ1) is 27.0. The molecular formula is C53H37NO. The van der Waals surface area contributed by atoms with Crippen LogP contribution in [0.1, 0.15) is 25.0 Å². The van der Waals surface area contributed by atoms with Gasteiger partial charge in [-0.3, -0.25) is 0 Å². The molecule has 0 atom stereocenters. The molecule has 11 rings (SSSR count). The molecule has 9 aromatic carbocycles. The van der Waals surface area contributed by atoms with Crippen molar-refractivity contribution in [3.63, 3.8) is 0 Å². The number of anilines is 3. The minimum Gasteiger partial charge on any atom is -0.454 e. The molecule has 0 saturated heterocycles. The van der Waals surface area contributed by atoms with Gasteiger partial charge in [-0.25, -0.2) is 0 Å². The molecule has 0 bridgehead atoms. The largest absolute Gasteiger partial charge is 0.454 e. The summed E-state index contributed by atoms with van der Waals surface area (Å²) in [6, 6.07) is 68.3. The summed E-state index contributed by atoms with van der Waals surface area (Å²) in [5.41, 5.74) is 15.1. The molecular weight excluding hydrogens is 667 g/mol. The van der Waals surface area contributed by atoms with Crippen molar-refractivity contribution in [2.45, 2.75) is 19.3 Å². The fourth-order valence-corrected chi connectivity index (χ4v) is 9.18. The van der Waals surface area contributed by atoms with Gasteiger partial charge in [-0.2, -0.15) is 0 Å². The van der Waals surface area contributed by atoms with Gasteiger partial charge in [0, 0.05) is 27.6 Å². The lowest BCUT2D eigenvalue weighted by molar-refractivity contribution is 0.489. The Bertz CT molecular complexity index is 2990. The lowest BCUT2D eigenvalue weighted by Gasteiger charge is -2.31. The number of hydrogen-bond donors (Lipinski definition) is 0. The highest BCUT2D eigenvalue weighted by Crippen LogP contribution is 2.56. The van der Waals surface area contributed by atoms with E-state index in [-0.39, 0.29) is 5.41 Å². The quantitative estimate of drug-likeness (QED) is 0.169. The Morgan fingerprint density at radius 2 is 1.04 bits per heavy atom. The average Bonchev–Trinajstić information content (AvgIpc) is 3.36. The van der Waals surface area contributed by atoms with Gasteiger partial charge in [-0.15, -0.1) is 0 Å². The summed E-state index contributed by atoms with van der Waals surface area (Å²) in [6.07, 6.45) is 0. The zero-order valence-electron chi connectivity index (χ0n) is 30.8. The Kier molecular flexibility index (Phi) is 6.93. The first kappa shape index (κ1) is 31.6. The second-order valence-electron chi connectivity index (χ2n) is 15.3. The highest BCUT2D eigenvalue weighted by molar-refractivity contribution is 6.15. The summed E-state index contributed by atoms with van der Waals surface area (Å²) >= 11 is 0. The van der Waals surface area contributed by atoms with Crippen LogP contribution in [0.2, 0.25) is 0 Å². The fraction of sp³-hybridized carbons (Fsp3) is 0.0566. The summed E-state index contributed by atoms with van der Waals surface area (Å²) in [5, 5.41) is 4.84. The predicted molar refractivity (Wildman–Crippen MR) is 230 cm³/mol. The molecule has 9 aromatic rings. The van der Waals surface area contributed by atoms with Crippen LogP contribution in [0.25, 0.3) is 66.1 Å². The Morgan fingerprint density at radius 1 is 0.400 bits per heavy atom. The van der Waals surface area contributed by atoms with E-state index in [1.165, 1.54) is 43.8 Å². The maximum absolute atomic E-state index is 7.34. The zero-order chi connectivity index (χ0) is 36.7. The minimum absolute atomic E-state index is 0.158. The first-order valence-corrected chi connectivity index (χ1v) is 19.1. The van der Waals surface area contributed by atoms with Crippen molar-refractivity contribution < 1.29 is 4.74 Å². The summed E-state index contributed by atoms with van der Waals surface area (Å²) in [5.74, 6) is 1.67. The van der Waals surface area contributed by atoms with Gasteiger partial charge in [-0.1, -0.05) is 166 Å². The Balaban J connectivity index is 1.21. The molecule has 55 heavy (non-hydrogen) atoms. The molecule has 0 amide bonds. The fourth-order valence-electron chi connectivity index (χ4n) is 9.18. The molecule has 0 aromatic heterocycles. The van der Waals surface area contributed by atoms with E-state index >= 15 is 0 Å². The number of rotatable bonds is 4. The lowest BCUT2D eigenvalue weighted by atomic mass is 9.82. The van der Waals surface area contributed by atoms with E-state index in [1.807, 2.05) is 0 Å². The second kappa shape index (κ2) is 12.1. The molecule has 1 aliphatic carbocycles. The SMILES string of the molecule is CC1(C)c2ccccc2-c2ccc(N(c3cccc4c3Oc3cc(-c5ccccc5)ccc3-c3ccccc3-4)c3cc4ccccc4c4ccccc34)cc21. The first-order valence-electron chi connectivity index (χ1n) is 19.1. The number of para-hydroxylation sites is 1. The normalized spacial score (nSPS) is 13.2. The van der Waals surface area contributed by atoms with E-state index in [0.717, 1.165) is 61.9 Å². The molecule has 1 aliphatic heterocycles. The van der Waals surface area contributed by atoms with Crippen LogP contribution in [-0.2, 0) is 5.41 Å². The lowest BCUT2D eigenvalue weighted by Crippen LogP contribution is -2.17. The van der Waals surface area contributed by atoms with Gasteiger partial charge in [0.2, 0.25) is 0 Å². The van der Waals surface area contributed by atoms with Crippen LogP contribution in [0.3, 0.4) is 0 Å². The number of benzene rings is 9. The third-order valence-electron chi connectivity index (χ3n) is 11.9. The standard InChI is InChI=1S/C53H37NO/c1-53(2)47-25-13-12-22-42(47)43-30-28-37(33-48(43)53)54(50-31-36-17-6-7-18-38(36)39-19-10-11-23-44(39)50)49-26-14-24-46-41-21-9-8-20-40(41)45-29-27-35(32-51(45)55-52(46)49)34-15-4-3-5-16-34/h3-33H,1-2H3. The molecule has 2 aliphatic rings. The molecule has 0 unspecified atom stereocenters. The number of hydrogen-bond acceptors (Lipinski definition) is 2. The molecule has 0 fully saturated rings. The number of ether oxygens (including phenoxy) is 1. The Labute approximate surface area is 321 Å². The van der Waals surface area contributed by atoms with Crippen molar-refractivity contribution in [2.24, 2.45) is 0 Å². The molecule has 0 spiro atoms. The zero-order valence-corrected chi connectivity index (χ0v) is 30.8. The van der Waals surface area contributed by atoms with Crippen molar-refractivity contribution in [1.29, 1.82) is 0 Å². The van der Waals surface area contributed by atoms with Crippen LogP contribution in [0.4, 0.5) is 17.1 Å². The molecule has 1 heterocycles. The summed E-state index contributed by atoms with van der Waals surface area (Å²) in [4.78, 5) is 2.45. The van der Waals surface area contributed by atoms with Crippen molar-refractivity contribution >= 4 is 38.6 Å². The van der Waals surface area contributed by atoms with Gasteiger partial charge in [-0.05, 0) is 97.1 Å². The van der Waals surface area contributed by atoms with Crippen molar-refractivity contribution in [2.75, 3.05) is 4.90 Å². The smallest absolute Gasteiger partial charge is 0.159 e. The average molecular weight is 704 g/mol. The van der Waals surface area contributed by atoms with Crippen LogP contribution in [0.15, 0.2) is 188 Å². The van der Waals surface area contributed by atoms with Crippen molar-refractivity contribution in [1.82, 2.24) is 0 Å². The van der Waals surface area contributed by atoms with Gasteiger partial charge in [0.1, 0.15) is 5.75 Å². The van der Waals surface area contributed by atoms with E-state index in [0.29, 0.717) is 0 Å². The molecule has 0 N–H and O–H groups in total. The summed E-state index contributed by atoms with van der Waals surface area (Å²) in [6.45, 7) is 4.71. The van der Waals surface area contributed by atoms with E-state index in [2.05, 4.69) is 207 Å². The van der Waals surface area contributed by atoms with Crippen molar-refractivity contribution in [3.8, 4) is 56.0 Å². The molecule has 0 saturated carbocycles. The van der Waals surface area contributed by atoms with E-state index < -0.39 is 0 Å². The Morgan fingerprint density at radius 3 is 1.87 bits per heavy atom. The Hall–Kier alpha value is -6.90. The minimum atomic E-state index is -0.158. The van der Waals surface area contributed by atoms with Crippen LogP contribution in [0, 0.1) is 0 Å². The number of nitrogens with zero attached hydrogens (tertiary/aromatic N) is 1. The van der Waals surface area contributed by atoms with Gasteiger partial charge < -0.3 is 9.64 Å². The third kappa shape index (κ3) is 4.81. The predicted octanol–water partition coefficient (Wildman–Crippen LogP) is 14.9. The van der Waals surface area contributed by atoms with Gasteiger partial charge >= 0.3 is 0 Å². The van der Waals surface area contributed by atoms with E-state index in [4.69, 9.17) is 4.74 Å². The summed E-state index contributed by atoms with van der Waals surface area (Å²) < 4.78 is 7.34. The van der Waals surface area contributed by atoms with E-state index in [9.17, 15) is 0 Å². The van der Waals surface area contributed by atoms with Crippen LogP contribution >= 0.6 is 0 Å². The summed E-state index contributed by atoms with van der Waals surface area (Å²) in [7, 11) is 0. The molecule has 0 radical (unpaired) electrons. The van der Waals surface area contributed by atoms with Crippen LogP contribution in [0.5, 0.6) is 11.5 Å². The molecule has 2 nitrogen and oxygen atoms in total.